The molecule has 2 aromatic heterocycles. The maximum absolute atomic E-state index is 4.45. The van der Waals surface area contributed by atoms with E-state index in [2.05, 4.69) is 28.4 Å². The minimum Gasteiger partial charge on any atom is -0.352 e. The number of fused-ring (bicyclic) bond motifs is 1. The Balaban J connectivity index is 1.72. The summed E-state index contributed by atoms with van der Waals surface area (Å²) < 4.78 is 1.83. The van der Waals surface area contributed by atoms with Gasteiger partial charge in [-0.1, -0.05) is 6.07 Å². The first-order chi connectivity index (χ1) is 8.31. The third-order valence-electron chi connectivity index (χ3n) is 2.99. The summed E-state index contributed by atoms with van der Waals surface area (Å²) in [5.74, 6) is 2.03. The third kappa shape index (κ3) is 2.39. The van der Waals surface area contributed by atoms with Gasteiger partial charge in [0.05, 0.1) is 0 Å². The third-order valence-corrected chi connectivity index (χ3v) is 4.39. The Hall–Kier alpha value is -1.23. The maximum Gasteiger partial charge on any atom is 0.243 e. The Kier molecular flexibility index (Phi) is 2.93. The van der Waals surface area contributed by atoms with Crippen molar-refractivity contribution in [2.24, 2.45) is 0 Å². The van der Waals surface area contributed by atoms with Crippen LogP contribution in [0.2, 0.25) is 0 Å². The first-order valence-electron chi connectivity index (χ1n) is 6.00. The summed E-state index contributed by atoms with van der Waals surface area (Å²) >= 11 is 2.05. The summed E-state index contributed by atoms with van der Waals surface area (Å²) in [5.41, 5.74) is 2.09. The number of hydrogen-bond acceptors (Lipinski definition) is 4. The molecule has 1 saturated heterocycles. The van der Waals surface area contributed by atoms with Crippen LogP contribution in [0.25, 0.3) is 5.65 Å². The van der Waals surface area contributed by atoms with Crippen molar-refractivity contribution < 1.29 is 0 Å². The van der Waals surface area contributed by atoms with Crippen molar-refractivity contribution >= 4 is 23.4 Å². The first-order valence-corrected chi connectivity index (χ1v) is 7.05. The highest BCUT2D eigenvalue weighted by molar-refractivity contribution is 8.00. The van der Waals surface area contributed by atoms with E-state index >= 15 is 0 Å². The number of nitrogens with one attached hydrogen (secondary N) is 1. The highest BCUT2D eigenvalue weighted by Gasteiger charge is 2.15. The molecule has 1 unspecified atom stereocenters. The average Bonchev–Trinajstić information content (AvgIpc) is 2.94. The van der Waals surface area contributed by atoms with Gasteiger partial charge in [0.2, 0.25) is 5.95 Å². The van der Waals surface area contributed by atoms with Crippen molar-refractivity contribution in [3.05, 3.63) is 23.9 Å². The van der Waals surface area contributed by atoms with Gasteiger partial charge >= 0.3 is 0 Å². The second-order valence-electron chi connectivity index (χ2n) is 4.46. The molecule has 90 valence electrons. The molecule has 17 heavy (non-hydrogen) atoms. The van der Waals surface area contributed by atoms with Crippen molar-refractivity contribution in [1.29, 1.82) is 0 Å². The fourth-order valence-electron chi connectivity index (χ4n) is 2.07. The van der Waals surface area contributed by atoms with Crippen LogP contribution in [0, 0.1) is 6.92 Å². The van der Waals surface area contributed by atoms with E-state index in [1.54, 1.807) is 0 Å². The molecule has 0 radical (unpaired) electrons. The average molecular weight is 248 g/mol. The van der Waals surface area contributed by atoms with Crippen molar-refractivity contribution in [3.63, 3.8) is 0 Å². The summed E-state index contributed by atoms with van der Waals surface area (Å²) in [4.78, 5) is 4.45. The number of anilines is 1. The zero-order valence-electron chi connectivity index (χ0n) is 9.89. The van der Waals surface area contributed by atoms with E-state index in [0.717, 1.165) is 23.4 Å². The molecular formula is C12H16N4S. The van der Waals surface area contributed by atoms with Crippen LogP contribution in [0.15, 0.2) is 18.3 Å². The van der Waals surface area contributed by atoms with Crippen LogP contribution in [-0.4, -0.2) is 32.1 Å². The Morgan fingerprint density at radius 2 is 2.47 bits per heavy atom. The second-order valence-corrected chi connectivity index (χ2v) is 5.87. The molecule has 1 N–H and O–H groups in total. The zero-order chi connectivity index (χ0) is 11.7. The molecule has 0 bridgehead atoms. The minimum atomic E-state index is 0.725. The van der Waals surface area contributed by atoms with Gasteiger partial charge in [0.15, 0.2) is 5.65 Å². The zero-order valence-corrected chi connectivity index (χ0v) is 10.7. The molecule has 0 saturated carbocycles. The van der Waals surface area contributed by atoms with E-state index < -0.39 is 0 Å². The molecule has 1 atom stereocenters. The Labute approximate surface area is 105 Å². The highest BCUT2D eigenvalue weighted by Crippen LogP contribution is 2.25. The van der Waals surface area contributed by atoms with E-state index in [0.29, 0.717) is 0 Å². The van der Waals surface area contributed by atoms with Crippen LogP contribution >= 0.6 is 11.8 Å². The molecule has 2 aromatic rings. The van der Waals surface area contributed by atoms with Gasteiger partial charge in [-0.2, -0.15) is 16.7 Å². The number of aromatic nitrogens is 3. The normalized spacial score (nSPS) is 19.9. The second kappa shape index (κ2) is 4.56. The van der Waals surface area contributed by atoms with Gasteiger partial charge in [-0.3, -0.25) is 0 Å². The molecule has 0 aromatic carbocycles. The van der Waals surface area contributed by atoms with Crippen LogP contribution in [0.4, 0.5) is 5.95 Å². The van der Waals surface area contributed by atoms with Crippen LogP contribution in [-0.2, 0) is 0 Å². The lowest BCUT2D eigenvalue weighted by molar-refractivity contribution is 0.799. The first kappa shape index (κ1) is 10.9. The lowest BCUT2D eigenvalue weighted by atomic mass is 10.2. The number of nitrogens with zero attached hydrogens (tertiary/aromatic N) is 3. The number of thioether (sulfide) groups is 1. The number of rotatable bonds is 3. The fourth-order valence-corrected chi connectivity index (χ4v) is 3.27. The molecule has 0 amide bonds. The van der Waals surface area contributed by atoms with Gasteiger partial charge in [-0.05, 0) is 37.1 Å². The van der Waals surface area contributed by atoms with Crippen molar-refractivity contribution in [3.8, 4) is 0 Å². The van der Waals surface area contributed by atoms with Gasteiger partial charge < -0.3 is 5.32 Å². The minimum absolute atomic E-state index is 0.725. The number of hydrogen-bond donors (Lipinski definition) is 1. The van der Waals surface area contributed by atoms with Crippen molar-refractivity contribution in [2.45, 2.75) is 25.0 Å². The van der Waals surface area contributed by atoms with E-state index in [1.807, 2.05) is 28.5 Å². The van der Waals surface area contributed by atoms with Crippen molar-refractivity contribution in [1.82, 2.24) is 14.6 Å². The fraction of sp³-hybridized carbons (Fsp3) is 0.500. The lowest BCUT2D eigenvalue weighted by Crippen LogP contribution is -2.14. The van der Waals surface area contributed by atoms with Crippen LogP contribution in [0.1, 0.15) is 18.4 Å². The van der Waals surface area contributed by atoms with Crippen molar-refractivity contribution in [2.75, 3.05) is 17.6 Å². The molecule has 3 rings (SSSR count). The Morgan fingerprint density at radius 1 is 1.53 bits per heavy atom. The summed E-state index contributed by atoms with van der Waals surface area (Å²) in [6.45, 7) is 3.03. The molecule has 3 heterocycles. The molecule has 0 aliphatic carbocycles. The molecular weight excluding hydrogens is 232 g/mol. The van der Waals surface area contributed by atoms with E-state index in [4.69, 9.17) is 0 Å². The molecule has 1 fully saturated rings. The van der Waals surface area contributed by atoms with E-state index in [-0.39, 0.29) is 0 Å². The van der Waals surface area contributed by atoms with Gasteiger partial charge in [-0.15, -0.1) is 5.10 Å². The topological polar surface area (TPSA) is 42.2 Å². The quantitative estimate of drug-likeness (QED) is 0.905. The van der Waals surface area contributed by atoms with Gasteiger partial charge in [0.1, 0.15) is 0 Å². The SMILES string of the molecule is Cc1ccc2nc(NCC3CCCS3)nn2c1. The molecule has 1 aliphatic heterocycles. The largest absolute Gasteiger partial charge is 0.352 e. The molecule has 4 nitrogen and oxygen atoms in total. The summed E-state index contributed by atoms with van der Waals surface area (Å²) in [7, 11) is 0. The predicted octanol–water partition coefficient (Wildman–Crippen LogP) is 2.35. The summed E-state index contributed by atoms with van der Waals surface area (Å²) in [6, 6.07) is 4.05. The molecule has 5 heteroatoms. The van der Waals surface area contributed by atoms with E-state index in [9.17, 15) is 0 Å². The molecule has 1 aliphatic rings. The van der Waals surface area contributed by atoms with Crippen LogP contribution in [0.5, 0.6) is 0 Å². The Bertz CT molecular complexity index is 516. The molecule has 0 spiro atoms. The lowest BCUT2D eigenvalue weighted by Gasteiger charge is -2.07. The number of aryl methyl sites for hydroxylation is 1. The Morgan fingerprint density at radius 3 is 3.29 bits per heavy atom. The maximum atomic E-state index is 4.45. The number of pyridine rings is 1. The van der Waals surface area contributed by atoms with Crippen LogP contribution < -0.4 is 5.32 Å². The highest BCUT2D eigenvalue weighted by atomic mass is 32.2. The van der Waals surface area contributed by atoms with Gasteiger partial charge in [-0.25, -0.2) is 4.52 Å². The van der Waals surface area contributed by atoms with Crippen LogP contribution in [0.3, 0.4) is 0 Å². The smallest absolute Gasteiger partial charge is 0.243 e. The standard InChI is InChI=1S/C12H16N4S/c1-9-4-5-11-14-12(15-16(11)8-9)13-7-10-3-2-6-17-10/h4-5,8,10H,2-3,6-7H2,1H3,(H,13,15). The summed E-state index contributed by atoms with van der Waals surface area (Å²) in [5, 5.41) is 8.48. The predicted molar refractivity (Wildman–Crippen MR) is 71.7 cm³/mol. The van der Waals surface area contributed by atoms with Gasteiger partial charge in [0, 0.05) is 18.0 Å². The van der Waals surface area contributed by atoms with E-state index in [1.165, 1.54) is 24.2 Å². The monoisotopic (exact) mass is 248 g/mol. The summed E-state index contributed by atoms with van der Waals surface area (Å²) in [6.07, 6.45) is 4.65. The van der Waals surface area contributed by atoms with Gasteiger partial charge in [0.25, 0.3) is 0 Å².